The second-order valence-corrected chi connectivity index (χ2v) is 5.49. The number of halogens is 3. The van der Waals surface area contributed by atoms with Gasteiger partial charge in [-0.25, -0.2) is 0 Å². The van der Waals surface area contributed by atoms with Crippen LogP contribution in [0.25, 0.3) is 11.4 Å². The number of hydrogen-bond acceptors (Lipinski definition) is 4. The Bertz CT molecular complexity index is 653. The summed E-state index contributed by atoms with van der Waals surface area (Å²) in [5.74, 6) is -1.19. The van der Waals surface area contributed by atoms with Gasteiger partial charge < -0.3 is 9.42 Å². The molecular weight excluding hydrogens is 311 g/mol. The fraction of sp³-hybridized carbons (Fsp3) is 0.400. The van der Waals surface area contributed by atoms with Crippen LogP contribution in [0.3, 0.4) is 0 Å². The van der Waals surface area contributed by atoms with Crippen LogP contribution in [0.15, 0.2) is 35.0 Å². The van der Waals surface area contributed by atoms with Crippen LogP contribution >= 0.6 is 0 Å². The largest absolute Gasteiger partial charge is 0.406 e. The molecule has 2 heterocycles. The van der Waals surface area contributed by atoms with Crippen molar-refractivity contribution in [2.24, 2.45) is 5.92 Å². The van der Waals surface area contributed by atoms with E-state index in [2.05, 4.69) is 10.1 Å². The lowest BCUT2D eigenvalue weighted by Gasteiger charge is -2.24. The van der Waals surface area contributed by atoms with Gasteiger partial charge in [-0.2, -0.15) is 13.2 Å². The summed E-state index contributed by atoms with van der Waals surface area (Å²) >= 11 is 0. The van der Waals surface area contributed by atoms with Crippen molar-refractivity contribution in [2.45, 2.75) is 20.0 Å². The van der Waals surface area contributed by atoms with Crippen LogP contribution in [-0.2, 0) is 0 Å². The Balaban J connectivity index is 2.21. The lowest BCUT2D eigenvalue weighted by Crippen LogP contribution is -2.41. The van der Waals surface area contributed by atoms with E-state index in [1.54, 1.807) is 38.2 Å². The van der Waals surface area contributed by atoms with E-state index in [1.807, 2.05) is 0 Å². The first kappa shape index (κ1) is 17.0. The minimum absolute atomic E-state index is 0.0298. The summed E-state index contributed by atoms with van der Waals surface area (Å²) in [6, 6.07) is 6.40. The maximum absolute atomic E-state index is 12.7. The van der Waals surface area contributed by atoms with Crippen molar-refractivity contribution in [1.29, 1.82) is 0 Å². The quantitative estimate of drug-likeness (QED) is 0.844. The lowest BCUT2D eigenvalue weighted by atomic mass is 10.2. The number of amides is 1. The molecular formula is C15H16F3N3O2. The molecule has 0 aliphatic heterocycles. The highest BCUT2D eigenvalue weighted by Crippen LogP contribution is 2.21. The van der Waals surface area contributed by atoms with Crippen molar-refractivity contribution < 1.29 is 22.5 Å². The molecule has 1 amide bonds. The van der Waals surface area contributed by atoms with Gasteiger partial charge in [-0.1, -0.05) is 25.1 Å². The van der Waals surface area contributed by atoms with Gasteiger partial charge in [-0.15, -0.1) is 0 Å². The molecule has 0 unspecified atom stereocenters. The van der Waals surface area contributed by atoms with Crippen LogP contribution in [0, 0.1) is 5.92 Å². The van der Waals surface area contributed by atoms with E-state index in [0.29, 0.717) is 16.3 Å². The number of aromatic nitrogens is 2. The van der Waals surface area contributed by atoms with Gasteiger partial charge in [0.25, 0.3) is 5.91 Å². The van der Waals surface area contributed by atoms with Crippen LogP contribution in [0.2, 0.25) is 0 Å². The monoisotopic (exact) mass is 327 g/mol. The Morgan fingerprint density at radius 3 is 2.61 bits per heavy atom. The maximum Gasteiger partial charge on any atom is 0.406 e. The molecule has 0 aliphatic carbocycles. The summed E-state index contributed by atoms with van der Waals surface area (Å²) in [6.07, 6.45) is -2.94. The Kier molecular flexibility index (Phi) is 5.02. The highest BCUT2D eigenvalue weighted by atomic mass is 19.4. The normalized spacial score (nSPS) is 11.7. The van der Waals surface area contributed by atoms with E-state index in [9.17, 15) is 18.0 Å². The molecule has 0 bridgehead atoms. The van der Waals surface area contributed by atoms with E-state index in [1.165, 1.54) is 6.07 Å². The van der Waals surface area contributed by atoms with Crippen molar-refractivity contribution in [1.82, 2.24) is 15.0 Å². The van der Waals surface area contributed by atoms with Gasteiger partial charge in [-0.05, 0) is 18.1 Å². The average molecular weight is 327 g/mol. The number of pyridine rings is 1. The molecule has 0 atom stereocenters. The summed E-state index contributed by atoms with van der Waals surface area (Å²) in [6.45, 7) is 2.11. The molecule has 0 N–H and O–H groups in total. The first-order chi connectivity index (χ1) is 10.8. The summed E-state index contributed by atoms with van der Waals surface area (Å²) in [5, 5.41) is 3.70. The second kappa shape index (κ2) is 6.80. The molecule has 5 nitrogen and oxygen atoms in total. The van der Waals surface area contributed by atoms with Gasteiger partial charge in [0, 0.05) is 18.8 Å². The van der Waals surface area contributed by atoms with Crippen molar-refractivity contribution >= 4 is 5.91 Å². The van der Waals surface area contributed by atoms with Gasteiger partial charge in [0.2, 0.25) is 5.76 Å². The Morgan fingerprint density at radius 2 is 2.04 bits per heavy atom. The lowest BCUT2D eigenvalue weighted by molar-refractivity contribution is -0.141. The van der Waals surface area contributed by atoms with Gasteiger partial charge in [-0.3, -0.25) is 9.78 Å². The van der Waals surface area contributed by atoms with E-state index in [4.69, 9.17) is 4.52 Å². The zero-order valence-electron chi connectivity index (χ0n) is 12.7. The number of rotatable bonds is 5. The molecule has 0 radical (unpaired) electrons. The predicted octanol–water partition coefficient (Wildman–Crippen LogP) is 3.40. The van der Waals surface area contributed by atoms with Gasteiger partial charge >= 0.3 is 6.18 Å². The number of carbonyl (C=O) groups is 1. The van der Waals surface area contributed by atoms with Crippen LogP contribution in [0.5, 0.6) is 0 Å². The first-order valence-corrected chi connectivity index (χ1v) is 7.00. The molecule has 124 valence electrons. The third kappa shape index (κ3) is 4.80. The molecule has 0 saturated heterocycles. The molecule has 2 aromatic heterocycles. The molecule has 2 aromatic rings. The highest BCUT2D eigenvalue weighted by Gasteiger charge is 2.34. The molecule has 0 aromatic carbocycles. The fourth-order valence-electron chi connectivity index (χ4n) is 2.04. The standard InChI is InChI=1S/C15H16F3N3O2/c1-10(2)8-21(9-15(16,17)18)14(22)13-7-12(20-23-13)11-5-3-4-6-19-11/h3-7,10H,8-9H2,1-2H3. The summed E-state index contributed by atoms with van der Waals surface area (Å²) in [7, 11) is 0. The molecule has 2 rings (SSSR count). The van der Waals surface area contributed by atoms with Crippen LogP contribution < -0.4 is 0 Å². The number of nitrogens with zero attached hydrogens (tertiary/aromatic N) is 3. The van der Waals surface area contributed by atoms with E-state index >= 15 is 0 Å². The average Bonchev–Trinajstić information content (AvgIpc) is 2.94. The van der Waals surface area contributed by atoms with Crippen molar-refractivity contribution in [3.05, 3.63) is 36.2 Å². The van der Waals surface area contributed by atoms with Crippen LogP contribution in [0.1, 0.15) is 24.4 Å². The Hall–Kier alpha value is -2.38. The summed E-state index contributed by atoms with van der Waals surface area (Å²) in [5.41, 5.74) is 0.770. The molecule has 23 heavy (non-hydrogen) atoms. The second-order valence-electron chi connectivity index (χ2n) is 5.49. The minimum atomic E-state index is -4.48. The third-order valence-electron chi connectivity index (χ3n) is 2.89. The van der Waals surface area contributed by atoms with Crippen molar-refractivity contribution in [2.75, 3.05) is 13.1 Å². The number of alkyl halides is 3. The summed E-state index contributed by atoms with van der Waals surface area (Å²) < 4.78 is 42.9. The van der Waals surface area contributed by atoms with Gasteiger partial charge in [0.1, 0.15) is 12.2 Å². The predicted molar refractivity (Wildman–Crippen MR) is 76.5 cm³/mol. The van der Waals surface area contributed by atoms with E-state index in [0.717, 1.165) is 0 Å². The van der Waals surface area contributed by atoms with Gasteiger partial charge in [0.05, 0.1) is 5.69 Å². The molecule has 8 heteroatoms. The maximum atomic E-state index is 12.7. The van der Waals surface area contributed by atoms with Crippen LogP contribution in [0.4, 0.5) is 13.2 Å². The Labute approximate surface area is 131 Å². The van der Waals surface area contributed by atoms with Gasteiger partial charge in [0.15, 0.2) is 0 Å². The topological polar surface area (TPSA) is 59.2 Å². The fourth-order valence-corrected chi connectivity index (χ4v) is 2.04. The van der Waals surface area contributed by atoms with Crippen molar-refractivity contribution in [3.8, 4) is 11.4 Å². The number of carbonyl (C=O) groups excluding carboxylic acids is 1. The van der Waals surface area contributed by atoms with Crippen LogP contribution in [-0.4, -0.2) is 40.2 Å². The molecule has 0 aliphatic rings. The smallest absolute Gasteiger partial charge is 0.350 e. The highest BCUT2D eigenvalue weighted by molar-refractivity contribution is 5.92. The molecule has 0 fully saturated rings. The number of hydrogen-bond donors (Lipinski definition) is 0. The van der Waals surface area contributed by atoms with Crippen molar-refractivity contribution in [3.63, 3.8) is 0 Å². The first-order valence-electron chi connectivity index (χ1n) is 7.00. The Morgan fingerprint density at radius 1 is 1.30 bits per heavy atom. The van der Waals surface area contributed by atoms with E-state index < -0.39 is 18.6 Å². The molecule has 0 saturated carbocycles. The molecule has 0 spiro atoms. The zero-order valence-corrected chi connectivity index (χ0v) is 12.7. The minimum Gasteiger partial charge on any atom is -0.350 e. The SMILES string of the molecule is CC(C)CN(CC(F)(F)F)C(=O)c1cc(-c2ccccn2)no1. The summed E-state index contributed by atoms with van der Waals surface area (Å²) in [4.78, 5) is 17.0. The van der Waals surface area contributed by atoms with E-state index in [-0.39, 0.29) is 18.2 Å². The third-order valence-corrected chi connectivity index (χ3v) is 2.89. The zero-order chi connectivity index (χ0) is 17.0.